The summed E-state index contributed by atoms with van der Waals surface area (Å²) in [6.07, 6.45) is -1.89. The molecule has 0 unspecified atom stereocenters. The molecule has 1 heterocycles. The van der Waals surface area contributed by atoms with Gasteiger partial charge in [0.05, 0.1) is 16.3 Å². The summed E-state index contributed by atoms with van der Waals surface area (Å²) < 4.78 is 24.4. The van der Waals surface area contributed by atoms with E-state index in [-0.39, 0.29) is 16.4 Å². The smallest absolute Gasteiger partial charge is 0.266 e. The lowest BCUT2D eigenvalue weighted by Gasteiger charge is -2.05. The van der Waals surface area contributed by atoms with Crippen molar-refractivity contribution in [3.05, 3.63) is 22.5 Å². The summed E-state index contributed by atoms with van der Waals surface area (Å²) in [4.78, 5) is 3.43. The van der Waals surface area contributed by atoms with Crippen LogP contribution in [0.4, 0.5) is 14.5 Å². The van der Waals surface area contributed by atoms with Gasteiger partial charge in [0, 0.05) is 6.20 Å². The number of nitriles is 1. The topological polar surface area (TPSA) is 62.7 Å². The maximum Gasteiger partial charge on any atom is 0.266 e. The van der Waals surface area contributed by atoms with E-state index in [9.17, 15) is 8.78 Å². The van der Waals surface area contributed by atoms with Crippen LogP contribution in [0.1, 0.15) is 17.7 Å². The fourth-order valence-corrected chi connectivity index (χ4v) is 0.982. The molecule has 0 fully saturated rings. The first-order valence-electron chi connectivity index (χ1n) is 3.20. The summed E-state index contributed by atoms with van der Waals surface area (Å²) in [7, 11) is 0. The van der Waals surface area contributed by atoms with Crippen LogP contribution in [0.25, 0.3) is 0 Å². The molecule has 1 aromatic rings. The number of halogens is 3. The van der Waals surface area contributed by atoms with Crippen molar-refractivity contribution < 1.29 is 8.78 Å². The molecule has 1 aromatic heterocycles. The number of nitrogens with two attached hydrogens (primary N) is 1. The normalized spacial score (nSPS) is 10.1. The van der Waals surface area contributed by atoms with Gasteiger partial charge in [0.2, 0.25) is 0 Å². The standard InChI is InChI=1S/C7H4ClF2N3/c8-5-3(7(9)10)2-13-4(1-11)6(5)12/h2,7H,12H2. The van der Waals surface area contributed by atoms with Crippen molar-refractivity contribution in [2.75, 3.05) is 5.73 Å². The Bertz CT molecular complexity index is 373. The van der Waals surface area contributed by atoms with Crippen LogP contribution in [0.3, 0.4) is 0 Å². The molecular weight excluding hydrogens is 200 g/mol. The van der Waals surface area contributed by atoms with E-state index >= 15 is 0 Å². The molecule has 0 saturated carbocycles. The summed E-state index contributed by atoms with van der Waals surface area (Å²) >= 11 is 5.48. The van der Waals surface area contributed by atoms with Crippen LogP contribution in [0, 0.1) is 11.3 Å². The zero-order valence-corrected chi connectivity index (χ0v) is 7.02. The lowest BCUT2D eigenvalue weighted by molar-refractivity contribution is 0.151. The maximum atomic E-state index is 12.2. The third kappa shape index (κ3) is 1.68. The van der Waals surface area contributed by atoms with Crippen molar-refractivity contribution in [2.45, 2.75) is 6.43 Å². The number of alkyl halides is 2. The van der Waals surface area contributed by atoms with E-state index in [0.717, 1.165) is 6.20 Å². The van der Waals surface area contributed by atoms with Crippen LogP contribution in [-0.2, 0) is 0 Å². The second kappa shape index (κ2) is 3.54. The highest BCUT2D eigenvalue weighted by molar-refractivity contribution is 6.34. The third-order valence-electron chi connectivity index (χ3n) is 1.42. The first kappa shape index (κ1) is 9.68. The molecule has 0 aliphatic carbocycles. The van der Waals surface area contributed by atoms with Crippen molar-refractivity contribution in [3.63, 3.8) is 0 Å². The van der Waals surface area contributed by atoms with Crippen LogP contribution in [-0.4, -0.2) is 4.98 Å². The molecule has 13 heavy (non-hydrogen) atoms. The third-order valence-corrected chi connectivity index (χ3v) is 1.84. The van der Waals surface area contributed by atoms with Gasteiger partial charge in [-0.15, -0.1) is 0 Å². The highest BCUT2D eigenvalue weighted by atomic mass is 35.5. The molecule has 0 bridgehead atoms. The zero-order chi connectivity index (χ0) is 10.0. The van der Waals surface area contributed by atoms with Gasteiger partial charge in [-0.1, -0.05) is 11.6 Å². The monoisotopic (exact) mass is 203 g/mol. The molecule has 0 aliphatic rings. The number of rotatable bonds is 1. The van der Waals surface area contributed by atoms with Crippen molar-refractivity contribution >= 4 is 17.3 Å². The Morgan fingerprint density at radius 1 is 1.62 bits per heavy atom. The van der Waals surface area contributed by atoms with Gasteiger partial charge in [-0.2, -0.15) is 5.26 Å². The van der Waals surface area contributed by atoms with Crippen LogP contribution in [0.15, 0.2) is 6.20 Å². The Labute approximate surface area is 77.7 Å². The molecule has 0 spiro atoms. The quantitative estimate of drug-likeness (QED) is 0.761. The highest BCUT2D eigenvalue weighted by Gasteiger charge is 2.16. The number of hydrogen-bond donors (Lipinski definition) is 1. The Morgan fingerprint density at radius 2 is 2.23 bits per heavy atom. The number of aromatic nitrogens is 1. The number of nitrogen functional groups attached to an aromatic ring is 1. The second-order valence-electron chi connectivity index (χ2n) is 2.20. The number of pyridine rings is 1. The maximum absolute atomic E-state index is 12.2. The summed E-state index contributed by atoms with van der Waals surface area (Å²) in [6, 6.07) is 1.64. The highest BCUT2D eigenvalue weighted by Crippen LogP contribution is 2.31. The lowest BCUT2D eigenvalue weighted by Crippen LogP contribution is -1.99. The molecule has 0 saturated heterocycles. The molecular formula is C7H4ClF2N3. The van der Waals surface area contributed by atoms with E-state index in [1.807, 2.05) is 0 Å². The molecule has 0 aliphatic heterocycles. The molecule has 0 atom stereocenters. The van der Waals surface area contributed by atoms with Gasteiger partial charge in [-0.25, -0.2) is 13.8 Å². The van der Waals surface area contributed by atoms with E-state index in [4.69, 9.17) is 22.6 Å². The zero-order valence-electron chi connectivity index (χ0n) is 6.26. The largest absolute Gasteiger partial charge is 0.395 e. The Morgan fingerprint density at radius 3 is 2.69 bits per heavy atom. The molecule has 68 valence electrons. The summed E-state index contributed by atoms with van der Waals surface area (Å²) in [6.45, 7) is 0. The lowest BCUT2D eigenvalue weighted by atomic mass is 10.2. The minimum atomic E-state index is -2.74. The molecule has 2 N–H and O–H groups in total. The van der Waals surface area contributed by atoms with Gasteiger partial charge in [-0.05, 0) is 0 Å². The van der Waals surface area contributed by atoms with Crippen molar-refractivity contribution in [1.82, 2.24) is 4.98 Å². The minimum absolute atomic E-state index is 0.144. The molecule has 6 heteroatoms. The summed E-state index contributed by atoms with van der Waals surface area (Å²) in [5.41, 5.74) is 4.47. The molecule has 0 amide bonds. The SMILES string of the molecule is N#Cc1ncc(C(F)F)c(Cl)c1N. The van der Waals surface area contributed by atoms with E-state index in [2.05, 4.69) is 4.98 Å². The van der Waals surface area contributed by atoms with Crippen molar-refractivity contribution in [2.24, 2.45) is 0 Å². The van der Waals surface area contributed by atoms with Gasteiger partial charge >= 0.3 is 0 Å². The van der Waals surface area contributed by atoms with Crippen LogP contribution in [0.5, 0.6) is 0 Å². The predicted octanol–water partition coefficient (Wildman–Crippen LogP) is 2.13. The van der Waals surface area contributed by atoms with Gasteiger partial charge in [-0.3, -0.25) is 0 Å². The minimum Gasteiger partial charge on any atom is -0.395 e. The van der Waals surface area contributed by atoms with E-state index < -0.39 is 12.0 Å². The first-order chi connectivity index (χ1) is 6.07. The number of nitrogens with zero attached hydrogens (tertiary/aromatic N) is 2. The fraction of sp³-hybridized carbons (Fsp3) is 0.143. The van der Waals surface area contributed by atoms with Crippen LogP contribution < -0.4 is 5.73 Å². The summed E-state index contributed by atoms with van der Waals surface area (Å²) in [5.74, 6) is 0. The first-order valence-corrected chi connectivity index (χ1v) is 3.57. The number of anilines is 1. The molecule has 0 radical (unpaired) electrons. The average molecular weight is 204 g/mol. The predicted molar refractivity (Wildman–Crippen MR) is 43.3 cm³/mol. The molecule has 1 rings (SSSR count). The fourth-order valence-electron chi connectivity index (χ4n) is 0.761. The van der Waals surface area contributed by atoms with Gasteiger partial charge < -0.3 is 5.73 Å². The van der Waals surface area contributed by atoms with Gasteiger partial charge in [0.1, 0.15) is 6.07 Å². The Balaban J connectivity index is 3.33. The van der Waals surface area contributed by atoms with E-state index in [1.165, 1.54) is 0 Å². The average Bonchev–Trinajstić information content (AvgIpc) is 2.09. The Kier molecular flexibility index (Phi) is 2.63. The number of hydrogen-bond acceptors (Lipinski definition) is 3. The van der Waals surface area contributed by atoms with Crippen LogP contribution >= 0.6 is 11.6 Å². The van der Waals surface area contributed by atoms with Crippen LogP contribution in [0.2, 0.25) is 5.02 Å². The molecule has 0 aromatic carbocycles. The summed E-state index contributed by atoms with van der Waals surface area (Å²) in [5, 5.41) is 8.13. The Hall–Kier alpha value is -1.41. The van der Waals surface area contributed by atoms with E-state index in [1.54, 1.807) is 6.07 Å². The second-order valence-corrected chi connectivity index (χ2v) is 2.58. The van der Waals surface area contributed by atoms with Gasteiger partial charge in [0.15, 0.2) is 5.69 Å². The van der Waals surface area contributed by atoms with Gasteiger partial charge in [0.25, 0.3) is 6.43 Å². The van der Waals surface area contributed by atoms with Crippen molar-refractivity contribution in [1.29, 1.82) is 5.26 Å². The van der Waals surface area contributed by atoms with E-state index in [0.29, 0.717) is 0 Å². The van der Waals surface area contributed by atoms with Crippen molar-refractivity contribution in [3.8, 4) is 6.07 Å². The molecule has 3 nitrogen and oxygen atoms in total.